The van der Waals surface area contributed by atoms with Crippen LogP contribution in [0.2, 0.25) is 5.02 Å². The molecule has 1 fully saturated rings. The molecule has 0 spiro atoms. The standard InChI is InChI=1S/C20H17ClFNO3S2/c1-25-9-8-23-19(24)18(28-20(23)27)11-14-4-7-17(16(21)10-14)26-12-13-2-5-15(22)6-3-13/h2-7,10-11H,8-9,12H2,1H3/b18-11-. The molecule has 0 aliphatic carbocycles. The van der Waals surface area contributed by atoms with Gasteiger partial charge in [-0.15, -0.1) is 0 Å². The van der Waals surface area contributed by atoms with Crippen LogP contribution in [0.4, 0.5) is 4.39 Å². The van der Waals surface area contributed by atoms with E-state index in [0.717, 1.165) is 11.1 Å². The molecule has 4 nitrogen and oxygen atoms in total. The van der Waals surface area contributed by atoms with E-state index in [2.05, 4.69) is 0 Å². The maximum absolute atomic E-state index is 13.0. The van der Waals surface area contributed by atoms with Gasteiger partial charge in [-0.25, -0.2) is 4.39 Å². The largest absolute Gasteiger partial charge is 0.487 e. The van der Waals surface area contributed by atoms with Crippen LogP contribution in [0.25, 0.3) is 6.08 Å². The zero-order valence-corrected chi connectivity index (χ0v) is 17.4. The molecule has 1 amide bonds. The highest BCUT2D eigenvalue weighted by atomic mass is 35.5. The van der Waals surface area contributed by atoms with E-state index in [1.165, 1.54) is 28.8 Å². The second-order valence-electron chi connectivity index (χ2n) is 5.93. The molecule has 0 aromatic heterocycles. The van der Waals surface area contributed by atoms with Crippen molar-refractivity contribution >= 4 is 51.9 Å². The topological polar surface area (TPSA) is 38.8 Å². The highest BCUT2D eigenvalue weighted by Crippen LogP contribution is 2.34. The molecule has 2 aromatic rings. The maximum atomic E-state index is 13.0. The van der Waals surface area contributed by atoms with E-state index in [4.69, 9.17) is 33.3 Å². The monoisotopic (exact) mass is 437 g/mol. The minimum atomic E-state index is -0.293. The molecule has 0 radical (unpaired) electrons. The summed E-state index contributed by atoms with van der Waals surface area (Å²) < 4.78 is 24.2. The number of halogens is 2. The number of amides is 1. The first-order chi connectivity index (χ1) is 13.5. The number of hydrogen-bond acceptors (Lipinski definition) is 5. The van der Waals surface area contributed by atoms with Crippen LogP contribution < -0.4 is 4.74 Å². The number of carbonyl (C=O) groups is 1. The number of nitrogens with zero attached hydrogens (tertiary/aromatic N) is 1. The third-order valence-corrected chi connectivity index (χ3v) is 5.63. The summed E-state index contributed by atoms with van der Waals surface area (Å²) in [5.41, 5.74) is 1.60. The normalized spacial score (nSPS) is 15.5. The van der Waals surface area contributed by atoms with Crippen molar-refractivity contribution in [3.63, 3.8) is 0 Å². The third kappa shape index (κ3) is 5.11. The van der Waals surface area contributed by atoms with Gasteiger partial charge < -0.3 is 9.47 Å². The summed E-state index contributed by atoms with van der Waals surface area (Å²) in [6.45, 7) is 1.12. The van der Waals surface area contributed by atoms with Crippen LogP contribution in [0.5, 0.6) is 5.75 Å². The zero-order chi connectivity index (χ0) is 20.1. The first-order valence-corrected chi connectivity index (χ1v) is 9.99. The van der Waals surface area contributed by atoms with E-state index in [9.17, 15) is 9.18 Å². The lowest BCUT2D eigenvalue weighted by Crippen LogP contribution is -2.31. The van der Waals surface area contributed by atoms with Crippen molar-refractivity contribution in [1.82, 2.24) is 4.90 Å². The van der Waals surface area contributed by atoms with E-state index in [0.29, 0.717) is 33.1 Å². The van der Waals surface area contributed by atoms with Crippen LogP contribution in [0.3, 0.4) is 0 Å². The maximum Gasteiger partial charge on any atom is 0.266 e. The van der Waals surface area contributed by atoms with Crippen molar-refractivity contribution in [2.75, 3.05) is 20.3 Å². The summed E-state index contributed by atoms with van der Waals surface area (Å²) in [6.07, 6.45) is 1.75. The molecule has 1 aliphatic heterocycles. The Kier molecular flexibility index (Phi) is 7.07. The Morgan fingerprint density at radius 3 is 2.68 bits per heavy atom. The number of rotatable bonds is 7. The SMILES string of the molecule is COCCN1C(=O)/C(=C/c2ccc(OCc3ccc(F)cc3)c(Cl)c2)SC1=S. The molecule has 146 valence electrons. The Morgan fingerprint density at radius 2 is 2.00 bits per heavy atom. The minimum absolute atomic E-state index is 0.139. The van der Waals surface area contributed by atoms with Gasteiger partial charge in [0.1, 0.15) is 22.5 Å². The van der Waals surface area contributed by atoms with Crippen molar-refractivity contribution in [2.45, 2.75) is 6.61 Å². The number of thioether (sulfide) groups is 1. The van der Waals surface area contributed by atoms with E-state index in [-0.39, 0.29) is 18.3 Å². The average molecular weight is 438 g/mol. The molecule has 0 saturated carbocycles. The molecular weight excluding hydrogens is 421 g/mol. The molecule has 1 aliphatic rings. The Hall–Kier alpha value is -1.93. The average Bonchev–Trinajstić information content (AvgIpc) is 2.94. The van der Waals surface area contributed by atoms with Crippen molar-refractivity contribution in [3.8, 4) is 5.75 Å². The first kappa shape index (κ1) is 20.8. The van der Waals surface area contributed by atoms with Gasteiger partial charge in [-0.2, -0.15) is 0 Å². The van der Waals surface area contributed by atoms with Crippen LogP contribution in [0.1, 0.15) is 11.1 Å². The Labute approximate surface area is 177 Å². The molecule has 0 N–H and O–H groups in total. The Bertz CT molecular complexity index is 918. The van der Waals surface area contributed by atoms with Crippen LogP contribution in [0, 0.1) is 5.82 Å². The van der Waals surface area contributed by atoms with Crippen LogP contribution in [-0.4, -0.2) is 35.4 Å². The van der Waals surface area contributed by atoms with Crippen molar-refractivity contribution < 1.29 is 18.7 Å². The van der Waals surface area contributed by atoms with Gasteiger partial charge in [0.15, 0.2) is 0 Å². The highest BCUT2D eigenvalue weighted by molar-refractivity contribution is 8.26. The van der Waals surface area contributed by atoms with E-state index >= 15 is 0 Å². The number of hydrogen-bond donors (Lipinski definition) is 0. The molecule has 0 unspecified atom stereocenters. The molecule has 28 heavy (non-hydrogen) atoms. The summed E-state index contributed by atoms with van der Waals surface area (Å²) in [4.78, 5) is 14.5. The molecule has 1 saturated heterocycles. The lowest BCUT2D eigenvalue weighted by Gasteiger charge is -2.13. The van der Waals surface area contributed by atoms with Gasteiger partial charge >= 0.3 is 0 Å². The Balaban J connectivity index is 1.68. The molecular formula is C20H17ClFNO3S2. The van der Waals surface area contributed by atoms with Gasteiger partial charge in [-0.05, 0) is 41.5 Å². The van der Waals surface area contributed by atoms with Crippen LogP contribution >= 0.6 is 35.6 Å². The molecule has 3 rings (SSSR count). The van der Waals surface area contributed by atoms with E-state index < -0.39 is 0 Å². The predicted molar refractivity (Wildman–Crippen MR) is 114 cm³/mol. The summed E-state index contributed by atoms with van der Waals surface area (Å²) >= 11 is 12.8. The van der Waals surface area contributed by atoms with Crippen molar-refractivity contribution in [1.29, 1.82) is 0 Å². The molecule has 0 bridgehead atoms. The van der Waals surface area contributed by atoms with Crippen LogP contribution in [-0.2, 0) is 16.1 Å². The zero-order valence-electron chi connectivity index (χ0n) is 15.0. The van der Waals surface area contributed by atoms with Gasteiger partial charge in [0, 0.05) is 7.11 Å². The second-order valence-corrected chi connectivity index (χ2v) is 8.01. The number of ether oxygens (including phenoxy) is 2. The van der Waals surface area contributed by atoms with Crippen molar-refractivity contribution in [3.05, 3.63) is 69.3 Å². The lowest BCUT2D eigenvalue weighted by molar-refractivity contribution is -0.122. The van der Waals surface area contributed by atoms with Gasteiger partial charge in [0.25, 0.3) is 5.91 Å². The van der Waals surface area contributed by atoms with Gasteiger partial charge in [0.05, 0.1) is 23.1 Å². The smallest absolute Gasteiger partial charge is 0.266 e. The summed E-state index contributed by atoms with van der Waals surface area (Å²) in [7, 11) is 1.58. The fourth-order valence-electron chi connectivity index (χ4n) is 2.49. The second kappa shape index (κ2) is 9.52. The fourth-order valence-corrected chi connectivity index (χ4v) is 4.04. The number of carbonyl (C=O) groups excluding carboxylic acids is 1. The van der Waals surface area contributed by atoms with Gasteiger partial charge in [-0.1, -0.05) is 53.8 Å². The minimum Gasteiger partial charge on any atom is -0.487 e. The lowest BCUT2D eigenvalue weighted by atomic mass is 10.2. The summed E-state index contributed by atoms with van der Waals surface area (Å²) in [6, 6.07) is 11.4. The van der Waals surface area contributed by atoms with Gasteiger partial charge in [-0.3, -0.25) is 9.69 Å². The van der Waals surface area contributed by atoms with E-state index in [1.54, 1.807) is 37.5 Å². The number of benzene rings is 2. The van der Waals surface area contributed by atoms with Gasteiger partial charge in [0.2, 0.25) is 0 Å². The number of thiocarbonyl (C=S) groups is 1. The Morgan fingerprint density at radius 1 is 1.25 bits per heavy atom. The molecule has 0 atom stereocenters. The third-order valence-electron chi connectivity index (χ3n) is 3.95. The molecule has 2 aromatic carbocycles. The highest BCUT2D eigenvalue weighted by Gasteiger charge is 2.31. The first-order valence-electron chi connectivity index (χ1n) is 8.39. The van der Waals surface area contributed by atoms with E-state index in [1.807, 2.05) is 6.07 Å². The van der Waals surface area contributed by atoms with Crippen molar-refractivity contribution in [2.24, 2.45) is 0 Å². The quantitative estimate of drug-likeness (QED) is 0.454. The summed E-state index contributed by atoms with van der Waals surface area (Å²) in [5, 5.41) is 0.422. The fraction of sp³-hybridized carbons (Fsp3) is 0.200. The summed E-state index contributed by atoms with van der Waals surface area (Å²) in [5.74, 6) is 0.0781. The number of methoxy groups -OCH3 is 1. The molecule has 8 heteroatoms. The molecule has 1 heterocycles. The predicted octanol–water partition coefficient (Wildman–Crippen LogP) is 4.91. The van der Waals surface area contributed by atoms with Crippen LogP contribution in [0.15, 0.2) is 47.4 Å².